The Balaban J connectivity index is 1.86. The molecule has 0 saturated heterocycles. The molecule has 21 heavy (non-hydrogen) atoms. The quantitative estimate of drug-likeness (QED) is 0.795. The third-order valence-electron chi connectivity index (χ3n) is 3.36. The Morgan fingerprint density at radius 3 is 2.62 bits per heavy atom. The minimum atomic E-state index is -0.211. The second kappa shape index (κ2) is 7.19. The molecule has 5 nitrogen and oxygen atoms in total. The van der Waals surface area contributed by atoms with Crippen molar-refractivity contribution in [3.63, 3.8) is 0 Å². The fourth-order valence-electron chi connectivity index (χ4n) is 1.85. The number of carbonyl (C=O) groups is 1. The molecule has 0 radical (unpaired) electrons. The Labute approximate surface area is 128 Å². The largest absolute Gasteiger partial charge is 0.333 e. The average Bonchev–Trinajstić information content (AvgIpc) is 2.90. The number of nitrogens with zero attached hydrogens (tertiary/aromatic N) is 1. The number of aryl methyl sites for hydroxylation is 1. The van der Waals surface area contributed by atoms with Crippen molar-refractivity contribution < 1.29 is 4.79 Å². The molecule has 0 saturated carbocycles. The van der Waals surface area contributed by atoms with Gasteiger partial charge in [-0.05, 0) is 38.6 Å². The standard InChI is InChI=1S/C15H20N4OS/c1-10(16-3)12-4-6-13(7-5-12)19-15(20)17-8-14-11(2)18-9-21-14/h4-7,9-10,16H,8H2,1-3H3,(H2,17,19,20). The molecule has 0 aliphatic rings. The number of aromatic nitrogens is 1. The summed E-state index contributed by atoms with van der Waals surface area (Å²) in [4.78, 5) is 17.1. The zero-order valence-corrected chi connectivity index (χ0v) is 13.3. The van der Waals surface area contributed by atoms with E-state index in [2.05, 4.69) is 27.9 Å². The first-order chi connectivity index (χ1) is 10.1. The minimum Gasteiger partial charge on any atom is -0.333 e. The lowest BCUT2D eigenvalue weighted by atomic mass is 10.1. The highest BCUT2D eigenvalue weighted by atomic mass is 32.1. The normalized spacial score (nSPS) is 12.0. The molecule has 0 spiro atoms. The van der Waals surface area contributed by atoms with Crippen molar-refractivity contribution in [1.29, 1.82) is 0 Å². The fraction of sp³-hybridized carbons (Fsp3) is 0.333. The molecule has 1 aromatic heterocycles. The molecule has 1 heterocycles. The van der Waals surface area contributed by atoms with Gasteiger partial charge in [0.1, 0.15) is 0 Å². The van der Waals surface area contributed by atoms with Gasteiger partial charge in [0.2, 0.25) is 0 Å². The van der Waals surface area contributed by atoms with Crippen molar-refractivity contribution >= 4 is 23.1 Å². The van der Waals surface area contributed by atoms with Crippen molar-refractivity contribution in [2.75, 3.05) is 12.4 Å². The lowest BCUT2D eigenvalue weighted by Crippen LogP contribution is -2.28. The van der Waals surface area contributed by atoms with E-state index >= 15 is 0 Å². The Hall–Kier alpha value is -1.92. The van der Waals surface area contributed by atoms with Crippen LogP contribution in [0.15, 0.2) is 29.8 Å². The van der Waals surface area contributed by atoms with Gasteiger partial charge in [-0.25, -0.2) is 9.78 Å². The summed E-state index contributed by atoms with van der Waals surface area (Å²) in [5.41, 5.74) is 4.71. The number of rotatable bonds is 5. The summed E-state index contributed by atoms with van der Waals surface area (Å²) in [5, 5.41) is 8.83. The highest BCUT2D eigenvalue weighted by molar-refractivity contribution is 7.09. The van der Waals surface area contributed by atoms with Crippen molar-refractivity contribution in [1.82, 2.24) is 15.6 Å². The summed E-state index contributed by atoms with van der Waals surface area (Å²) in [6.45, 7) is 4.52. The van der Waals surface area contributed by atoms with E-state index in [1.54, 1.807) is 16.8 Å². The van der Waals surface area contributed by atoms with Gasteiger partial charge in [0.15, 0.2) is 0 Å². The van der Waals surface area contributed by atoms with Crippen LogP contribution in [0.4, 0.5) is 10.5 Å². The van der Waals surface area contributed by atoms with Crippen LogP contribution in [-0.4, -0.2) is 18.1 Å². The second-order valence-electron chi connectivity index (χ2n) is 4.80. The van der Waals surface area contributed by atoms with Crippen molar-refractivity contribution in [3.8, 4) is 0 Å². The molecule has 1 atom stereocenters. The highest BCUT2D eigenvalue weighted by Gasteiger charge is 2.06. The van der Waals surface area contributed by atoms with E-state index in [4.69, 9.17) is 0 Å². The zero-order chi connectivity index (χ0) is 15.2. The number of nitrogens with one attached hydrogen (secondary N) is 3. The maximum Gasteiger partial charge on any atom is 0.319 e. The molecule has 2 aromatic rings. The van der Waals surface area contributed by atoms with Gasteiger partial charge in [0.05, 0.1) is 17.7 Å². The maximum absolute atomic E-state index is 11.8. The number of hydrogen-bond acceptors (Lipinski definition) is 4. The maximum atomic E-state index is 11.8. The molecule has 0 aliphatic heterocycles. The topological polar surface area (TPSA) is 66.0 Å². The Bertz CT molecular complexity index is 594. The number of hydrogen-bond donors (Lipinski definition) is 3. The summed E-state index contributed by atoms with van der Waals surface area (Å²) in [7, 11) is 1.92. The summed E-state index contributed by atoms with van der Waals surface area (Å²) >= 11 is 1.54. The SMILES string of the molecule is CNC(C)c1ccc(NC(=O)NCc2scnc2C)cc1. The van der Waals surface area contributed by atoms with Crippen molar-refractivity contribution in [3.05, 3.63) is 45.9 Å². The van der Waals surface area contributed by atoms with Gasteiger partial charge in [-0.3, -0.25) is 0 Å². The molecule has 1 unspecified atom stereocenters. The molecule has 112 valence electrons. The molecular formula is C15H20N4OS. The van der Waals surface area contributed by atoms with E-state index in [0.717, 1.165) is 16.3 Å². The third-order valence-corrected chi connectivity index (χ3v) is 4.29. The lowest BCUT2D eigenvalue weighted by molar-refractivity contribution is 0.252. The lowest BCUT2D eigenvalue weighted by Gasteiger charge is -2.12. The smallest absolute Gasteiger partial charge is 0.319 e. The number of thiazole rings is 1. The molecule has 3 N–H and O–H groups in total. The highest BCUT2D eigenvalue weighted by Crippen LogP contribution is 2.16. The van der Waals surface area contributed by atoms with Crippen LogP contribution in [0, 0.1) is 6.92 Å². The van der Waals surface area contributed by atoms with Gasteiger partial charge < -0.3 is 16.0 Å². The van der Waals surface area contributed by atoms with Gasteiger partial charge in [-0.2, -0.15) is 0 Å². The summed E-state index contributed by atoms with van der Waals surface area (Å²) in [5.74, 6) is 0. The van der Waals surface area contributed by atoms with Gasteiger partial charge >= 0.3 is 6.03 Å². The van der Waals surface area contributed by atoms with Gasteiger partial charge in [-0.15, -0.1) is 11.3 Å². The van der Waals surface area contributed by atoms with Gasteiger partial charge in [0, 0.05) is 16.6 Å². The number of amides is 2. The molecule has 6 heteroatoms. The van der Waals surface area contributed by atoms with Crippen LogP contribution >= 0.6 is 11.3 Å². The second-order valence-corrected chi connectivity index (χ2v) is 5.74. The number of urea groups is 1. The average molecular weight is 304 g/mol. The van der Waals surface area contributed by atoms with Crippen LogP contribution < -0.4 is 16.0 Å². The first-order valence-corrected chi connectivity index (χ1v) is 7.69. The van der Waals surface area contributed by atoms with Gasteiger partial charge in [-0.1, -0.05) is 12.1 Å². The van der Waals surface area contributed by atoms with Crippen molar-refractivity contribution in [2.24, 2.45) is 0 Å². The Morgan fingerprint density at radius 1 is 1.33 bits per heavy atom. The molecule has 0 fully saturated rings. The van der Waals surface area contributed by atoms with E-state index in [0.29, 0.717) is 12.6 Å². The monoisotopic (exact) mass is 304 g/mol. The van der Waals surface area contributed by atoms with Crippen LogP contribution in [0.25, 0.3) is 0 Å². The molecule has 0 aliphatic carbocycles. The zero-order valence-electron chi connectivity index (χ0n) is 12.4. The van der Waals surface area contributed by atoms with Crippen molar-refractivity contribution in [2.45, 2.75) is 26.4 Å². The molecule has 2 amide bonds. The van der Waals surface area contributed by atoms with E-state index in [-0.39, 0.29) is 6.03 Å². The summed E-state index contributed by atoms with van der Waals surface area (Å²) in [6.07, 6.45) is 0. The van der Waals surface area contributed by atoms with Gasteiger partial charge in [0.25, 0.3) is 0 Å². The van der Waals surface area contributed by atoms with Crippen LogP contribution in [-0.2, 0) is 6.54 Å². The Kier molecular flexibility index (Phi) is 5.30. The number of benzene rings is 1. The number of anilines is 1. The summed E-state index contributed by atoms with van der Waals surface area (Å²) in [6, 6.07) is 7.90. The summed E-state index contributed by atoms with van der Waals surface area (Å²) < 4.78 is 0. The van der Waals surface area contributed by atoms with Crippen LogP contribution in [0.5, 0.6) is 0 Å². The van der Waals surface area contributed by atoms with Crippen LogP contribution in [0.3, 0.4) is 0 Å². The first-order valence-electron chi connectivity index (χ1n) is 6.81. The fourth-order valence-corrected chi connectivity index (χ4v) is 2.57. The minimum absolute atomic E-state index is 0.211. The first kappa shape index (κ1) is 15.5. The molecule has 1 aromatic carbocycles. The molecular weight excluding hydrogens is 284 g/mol. The van der Waals surface area contributed by atoms with E-state index < -0.39 is 0 Å². The third kappa shape index (κ3) is 4.27. The van der Waals surface area contributed by atoms with Crippen LogP contribution in [0.1, 0.15) is 29.1 Å². The Morgan fingerprint density at radius 2 is 2.05 bits per heavy atom. The predicted octanol–water partition coefficient (Wildman–Crippen LogP) is 3.05. The van der Waals surface area contributed by atoms with E-state index in [1.807, 2.05) is 38.2 Å². The predicted molar refractivity (Wildman–Crippen MR) is 86.6 cm³/mol. The van der Waals surface area contributed by atoms with E-state index in [1.165, 1.54) is 5.56 Å². The molecule has 0 bridgehead atoms. The van der Waals surface area contributed by atoms with Crippen LogP contribution in [0.2, 0.25) is 0 Å². The molecule has 2 rings (SSSR count). The van der Waals surface area contributed by atoms with E-state index in [9.17, 15) is 4.79 Å². The number of carbonyl (C=O) groups excluding carboxylic acids is 1.